The second-order valence-corrected chi connectivity index (χ2v) is 20.4. The molecule has 5 saturated carbocycles. The zero-order valence-corrected chi connectivity index (χ0v) is 33.7. The summed E-state index contributed by atoms with van der Waals surface area (Å²) in [5, 5.41) is 9.73. The number of ether oxygens (including phenoxy) is 2. The standard InChI is InChI=1S/C46H68O6/c1-30(2)32-17-23-46(24-20-37(47)48)26-25-44(8)33(40(32)46)15-16-35-43(7)21-19-36(42(5,6)34(43)18-22-45(35,44)9)52-39(50)28-41(3,4)27-38(49)51-29-31-13-11-10-12-14-31/h10-14,32-36,40H,1,15-29H2,2-9H3,(H,47,48)/t32-,33+,34-,35?,36-,40+,43-,44+,45+,46-/m0/s1. The molecule has 0 amide bonds. The van der Waals surface area contributed by atoms with Gasteiger partial charge in [0.15, 0.2) is 0 Å². The highest BCUT2D eigenvalue weighted by atomic mass is 16.5. The van der Waals surface area contributed by atoms with E-state index in [1.807, 2.05) is 44.2 Å². The molecule has 5 aliphatic carbocycles. The van der Waals surface area contributed by atoms with Crippen LogP contribution in [0.4, 0.5) is 0 Å². The summed E-state index contributed by atoms with van der Waals surface area (Å²) in [5.41, 5.74) is 2.25. The van der Waals surface area contributed by atoms with E-state index in [-0.39, 0.29) is 71.0 Å². The van der Waals surface area contributed by atoms with E-state index < -0.39 is 11.4 Å². The van der Waals surface area contributed by atoms with Gasteiger partial charge in [-0.25, -0.2) is 0 Å². The van der Waals surface area contributed by atoms with Gasteiger partial charge in [-0.15, -0.1) is 0 Å². The second kappa shape index (κ2) is 13.9. The van der Waals surface area contributed by atoms with Gasteiger partial charge in [-0.2, -0.15) is 0 Å². The van der Waals surface area contributed by atoms with Crippen LogP contribution in [0.3, 0.4) is 0 Å². The molecule has 5 fully saturated rings. The van der Waals surface area contributed by atoms with Crippen molar-refractivity contribution in [3.05, 3.63) is 48.0 Å². The van der Waals surface area contributed by atoms with Crippen molar-refractivity contribution in [2.24, 2.45) is 62.1 Å². The SMILES string of the molecule is C=C(C)[C@@H]1CC[C@]2(CCC(=O)O)CC[C@]3(C)[C@H](CCC4[C@@]5(C)CC[C@H](OC(=O)CC(C)(C)CC(=O)OCc6ccccc6)C(C)(C)[C@@H]5CC[C@]43C)[C@@H]12. The monoisotopic (exact) mass is 717 g/mol. The van der Waals surface area contributed by atoms with E-state index in [4.69, 9.17) is 9.47 Å². The van der Waals surface area contributed by atoms with Gasteiger partial charge in [0.25, 0.3) is 0 Å². The molecule has 1 N–H and O–H groups in total. The van der Waals surface area contributed by atoms with E-state index in [1.54, 1.807) is 0 Å². The Labute approximate surface area is 314 Å². The number of allylic oxidation sites excluding steroid dienone is 1. The smallest absolute Gasteiger partial charge is 0.306 e. The molecule has 6 nitrogen and oxygen atoms in total. The maximum Gasteiger partial charge on any atom is 0.306 e. The highest BCUT2D eigenvalue weighted by molar-refractivity contribution is 5.74. The van der Waals surface area contributed by atoms with Gasteiger partial charge in [0.05, 0.1) is 12.8 Å². The van der Waals surface area contributed by atoms with Crippen LogP contribution >= 0.6 is 0 Å². The van der Waals surface area contributed by atoms with Crippen molar-refractivity contribution in [1.82, 2.24) is 0 Å². The van der Waals surface area contributed by atoms with Crippen LogP contribution in [0.2, 0.25) is 0 Å². The first-order chi connectivity index (χ1) is 24.3. The van der Waals surface area contributed by atoms with Gasteiger partial charge in [-0.05, 0) is 140 Å². The molecule has 0 bridgehead atoms. The maximum atomic E-state index is 13.6. The molecule has 288 valence electrons. The number of aliphatic carboxylic acids is 1. The minimum absolute atomic E-state index is 0.136. The predicted octanol–water partition coefficient (Wildman–Crippen LogP) is 11.0. The van der Waals surface area contributed by atoms with Gasteiger partial charge in [-0.1, -0.05) is 91.0 Å². The Hall–Kier alpha value is -2.63. The first kappa shape index (κ1) is 39.1. The third-order valence-electron chi connectivity index (χ3n) is 16.8. The summed E-state index contributed by atoms with van der Waals surface area (Å²) in [5.74, 6) is 1.53. The number of carbonyl (C=O) groups is 3. The normalized spacial score (nSPS) is 39.2. The summed E-state index contributed by atoms with van der Waals surface area (Å²) in [4.78, 5) is 38.1. The molecule has 5 aliphatic rings. The molecule has 1 aromatic carbocycles. The van der Waals surface area contributed by atoms with Crippen LogP contribution in [-0.2, 0) is 30.5 Å². The first-order valence-electron chi connectivity index (χ1n) is 20.5. The van der Waals surface area contributed by atoms with Crippen molar-refractivity contribution < 1.29 is 29.0 Å². The molecule has 1 aromatic rings. The number of rotatable bonds is 11. The average Bonchev–Trinajstić information content (AvgIpc) is 3.45. The van der Waals surface area contributed by atoms with Crippen LogP contribution in [0.5, 0.6) is 0 Å². The fourth-order valence-corrected chi connectivity index (χ4v) is 14.1. The predicted molar refractivity (Wildman–Crippen MR) is 205 cm³/mol. The van der Waals surface area contributed by atoms with Crippen molar-refractivity contribution in [2.75, 3.05) is 0 Å². The molecule has 0 spiro atoms. The first-order valence-corrected chi connectivity index (χ1v) is 20.5. The topological polar surface area (TPSA) is 89.9 Å². The number of hydrogen-bond acceptors (Lipinski definition) is 5. The molecule has 52 heavy (non-hydrogen) atoms. The third kappa shape index (κ3) is 6.69. The molecule has 6 rings (SSSR count). The molecular formula is C46H68O6. The lowest BCUT2D eigenvalue weighted by Crippen LogP contribution is -2.66. The number of carbonyl (C=O) groups excluding carboxylic acids is 2. The lowest BCUT2D eigenvalue weighted by molar-refractivity contribution is -0.250. The maximum absolute atomic E-state index is 13.6. The van der Waals surface area contributed by atoms with Crippen LogP contribution in [0, 0.1) is 62.1 Å². The van der Waals surface area contributed by atoms with E-state index in [2.05, 4.69) is 48.1 Å². The van der Waals surface area contributed by atoms with Crippen LogP contribution in [-0.4, -0.2) is 29.1 Å². The molecule has 1 unspecified atom stereocenters. The van der Waals surface area contributed by atoms with E-state index in [1.165, 1.54) is 31.3 Å². The highest BCUT2D eigenvalue weighted by Gasteiger charge is 2.71. The molecular weight excluding hydrogens is 648 g/mol. The van der Waals surface area contributed by atoms with Crippen molar-refractivity contribution in [3.8, 4) is 0 Å². The number of carboxylic acids is 1. The fourth-order valence-electron chi connectivity index (χ4n) is 14.1. The van der Waals surface area contributed by atoms with Crippen molar-refractivity contribution in [1.29, 1.82) is 0 Å². The quantitative estimate of drug-likeness (QED) is 0.181. The van der Waals surface area contributed by atoms with Crippen LogP contribution in [0.1, 0.15) is 151 Å². The highest BCUT2D eigenvalue weighted by Crippen LogP contribution is 2.78. The van der Waals surface area contributed by atoms with Gasteiger partial charge in [-0.3, -0.25) is 14.4 Å². The summed E-state index contributed by atoms with van der Waals surface area (Å²) in [7, 11) is 0. The minimum atomic E-state index is -0.658. The molecule has 0 radical (unpaired) electrons. The van der Waals surface area contributed by atoms with Gasteiger partial charge < -0.3 is 14.6 Å². The summed E-state index contributed by atoms with van der Waals surface area (Å²) in [6, 6.07) is 9.67. The van der Waals surface area contributed by atoms with E-state index in [0.717, 1.165) is 50.5 Å². The lowest BCUT2D eigenvalue weighted by atomic mass is 9.32. The zero-order valence-electron chi connectivity index (χ0n) is 33.7. The van der Waals surface area contributed by atoms with Crippen molar-refractivity contribution in [3.63, 3.8) is 0 Å². The molecule has 0 saturated heterocycles. The molecule has 6 heteroatoms. The molecule has 0 aliphatic heterocycles. The van der Waals surface area contributed by atoms with Gasteiger partial charge in [0.2, 0.25) is 0 Å². The van der Waals surface area contributed by atoms with E-state index in [9.17, 15) is 19.5 Å². The number of hydrogen-bond donors (Lipinski definition) is 1. The van der Waals surface area contributed by atoms with Crippen LogP contribution in [0.25, 0.3) is 0 Å². The fraction of sp³-hybridized carbons (Fsp3) is 0.761. The summed E-state index contributed by atoms with van der Waals surface area (Å²) in [6.45, 7) is 23.4. The van der Waals surface area contributed by atoms with Crippen LogP contribution in [0.15, 0.2) is 42.5 Å². The molecule has 0 heterocycles. The molecule has 0 aromatic heterocycles. The zero-order chi connectivity index (χ0) is 37.9. The Kier molecular flexibility index (Phi) is 10.4. The summed E-state index contributed by atoms with van der Waals surface area (Å²) >= 11 is 0. The minimum Gasteiger partial charge on any atom is -0.481 e. The average molecular weight is 717 g/mol. The van der Waals surface area contributed by atoms with Gasteiger partial charge >= 0.3 is 17.9 Å². The van der Waals surface area contributed by atoms with Crippen molar-refractivity contribution in [2.45, 2.75) is 158 Å². The number of fused-ring (bicyclic) bond motifs is 7. The molecule has 10 atom stereocenters. The lowest BCUT2D eigenvalue weighted by Gasteiger charge is -2.73. The number of benzene rings is 1. The van der Waals surface area contributed by atoms with E-state index in [0.29, 0.717) is 29.6 Å². The Morgan fingerprint density at radius 1 is 0.827 bits per heavy atom. The van der Waals surface area contributed by atoms with Gasteiger partial charge in [0.1, 0.15) is 12.7 Å². The van der Waals surface area contributed by atoms with Gasteiger partial charge in [0, 0.05) is 11.8 Å². The Bertz CT molecular complexity index is 1530. The Morgan fingerprint density at radius 3 is 2.19 bits per heavy atom. The van der Waals surface area contributed by atoms with Crippen LogP contribution < -0.4 is 0 Å². The second-order valence-electron chi connectivity index (χ2n) is 20.4. The summed E-state index contributed by atoms with van der Waals surface area (Å²) in [6.07, 6.45) is 12.7. The van der Waals surface area contributed by atoms with E-state index >= 15 is 0 Å². The third-order valence-corrected chi connectivity index (χ3v) is 16.8. The Balaban J connectivity index is 1.14. The largest absolute Gasteiger partial charge is 0.481 e. The number of esters is 2. The Morgan fingerprint density at radius 2 is 1.52 bits per heavy atom. The van der Waals surface area contributed by atoms with Crippen molar-refractivity contribution >= 4 is 17.9 Å². The summed E-state index contributed by atoms with van der Waals surface area (Å²) < 4.78 is 11.9. The number of carboxylic acid groups (broad SMARTS) is 1.